The molecule has 2 unspecified atom stereocenters. The summed E-state index contributed by atoms with van der Waals surface area (Å²) in [7, 11) is -3.34. The number of benzene rings is 1. The summed E-state index contributed by atoms with van der Waals surface area (Å²) in [5.41, 5.74) is 6.60. The Morgan fingerprint density at radius 3 is 2.48 bits per heavy atom. The van der Waals surface area contributed by atoms with E-state index < -0.39 is 21.4 Å². The maximum Gasteiger partial charge on any atom is 0.215 e. The average Bonchev–Trinajstić information content (AvgIpc) is 3.07. The fourth-order valence-corrected chi connectivity index (χ4v) is 4.78. The normalized spacial score (nSPS) is 18.5. The lowest BCUT2D eigenvalue weighted by Crippen LogP contribution is -2.40. The number of rotatable bonds is 9. The van der Waals surface area contributed by atoms with E-state index in [1.807, 2.05) is 30.3 Å². The molecule has 0 saturated carbocycles. The van der Waals surface area contributed by atoms with E-state index in [-0.39, 0.29) is 12.2 Å². The molecule has 1 fully saturated rings. The largest absolute Gasteiger partial charge is 0.321 e. The van der Waals surface area contributed by atoms with Crippen LogP contribution in [0, 0.1) is 0 Å². The Balaban J connectivity index is 1.82. The number of carbonyl (C=O) groups is 1. The first kappa shape index (κ1) is 18.2. The number of hydrogen-bond acceptors (Lipinski definition) is 5. The maximum atomic E-state index is 12.2. The van der Waals surface area contributed by atoms with Crippen molar-refractivity contribution in [1.29, 1.82) is 0 Å². The third kappa shape index (κ3) is 5.76. The Bertz CT molecular complexity index is 591. The van der Waals surface area contributed by atoms with Gasteiger partial charge in [0.25, 0.3) is 0 Å². The predicted molar refractivity (Wildman–Crippen MR) is 91.9 cm³/mol. The number of aldehydes is 1. The van der Waals surface area contributed by atoms with Crippen LogP contribution in [0.15, 0.2) is 30.3 Å². The molecule has 1 aromatic carbocycles. The number of carbonyl (C=O) groups excluding carboxylic acids is 1. The Kier molecular flexibility index (Phi) is 6.83. The van der Waals surface area contributed by atoms with Crippen LogP contribution in [0.3, 0.4) is 0 Å². The first-order valence-corrected chi connectivity index (χ1v) is 9.69. The highest BCUT2D eigenvalue weighted by Gasteiger charge is 2.28. The van der Waals surface area contributed by atoms with Crippen LogP contribution in [-0.2, 0) is 14.8 Å². The minimum Gasteiger partial charge on any atom is -0.321 e. The SMILES string of the molecule is O=CC(CC(Cl)CS(=O)(=O)N1CCCC1)NNc1ccccc1. The molecular formula is C15H22ClN3O3S. The first-order valence-electron chi connectivity index (χ1n) is 7.65. The summed E-state index contributed by atoms with van der Waals surface area (Å²) in [4.78, 5) is 11.2. The molecule has 0 aromatic heterocycles. The Labute approximate surface area is 142 Å². The molecule has 23 heavy (non-hydrogen) atoms. The quantitative estimate of drug-likeness (QED) is 0.398. The topological polar surface area (TPSA) is 78.5 Å². The molecule has 8 heteroatoms. The summed E-state index contributed by atoms with van der Waals surface area (Å²) in [6.45, 7) is 1.13. The molecule has 0 amide bonds. The number of alkyl halides is 1. The minimum absolute atomic E-state index is 0.147. The zero-order chi connectivity index (χ0) is 16.7. The lowest BCUT2D eigenvalue weighted by molar-refractivity contribution is -0.109. The van der Waals surface area contributed by atoms with Gasteiger partial charge in [0.1, 0.15) is 6.29 Å². The van der Waals surface area contributed by atoms with Gasteiger partial charge in [0, 0.05) is 18.8 Å². The first-order chi connectivity index (χ1) is 11.0. The van der Waals surface area contributed by atoms with Gasteiger partial charge in [-0.05, 0) is 31.4 Å². The third-order valence-corrected chi connectivity index (χ3v) is 6.19. The molecule has 1 heterocycles. The Hall–Kier alpha value is -1.15. The maximum absolute atomic E-state index is 12.2. The van der Waals surface area contributed by atoms with Gasteiger partial charge >= 0.3 is 0 Å². The molecule has 2 N–H and O–H groups in total. The molecule has 2 atom stereocenters. The minimum atomic E-state index is -3.34. The van der Waals surface area contributed by atoms with Gasteiger partial charge < -0.3 is 10.2 Å². The third-order valence-electron chi connectivity index (χ3n) is 3.70. The average molecular weight is 360 g/mol. The van der Waals surface area contributed by atoms with Gasteiger partial charge in [-0.3, -0.25) is 0 Å². The van der Waals surface area contributed by atoms with Gasteiger partial charge in [0.05, 0.1) is 17.2 Å². The van der Waals surface area contributed by atoms with Gasteiger partial charge in [0.15, 0.2) is 0 Å². The van der Waals surface area contributed by atoms with Gasteiger partial charge in [-0.25, -0.2) is 18.1 Å². The number of hydrogen-bond donors (Lipinski definition) is 2. The highest BCUT2D eigenvalue weighted by molar-refractivity contribution is 7.89. The fourth-order valence-electron chi connectivity index (χ4n) is 2.49. The number of para-hydroxylation sites is 1. The number of nitrogens with zero attached hydrogens (tertiary/aromatic N) is 1. The van der Waals surface area contributed by atoms with Crippen molar-refractivity contribution in [1.82, 2.24) is 9.73 Å². The van der Waals surface area contributed by atoms with Crippen LogP contribution in [0.5, 0.6) is 0 Å². The molecule has 2 rings (SSSR count). The van der Waals surface area contributed by atoms with E-state index in [1.165, 1.54) is 4.31 Å². The summed E-state index contributed by atoms with van der Waals surface area (Å²) >= 11 is 6.17. The second-order valence-electron chi connectivity index (χ2n) is 5.60. The van der Waals surface area contributed by atoms with Crippen molar-refractivity contribution < 1.29 is 13.2 Å². The molecule has 0 radical (unpaired) electrons. The van der Waals surface area contributed by atoms with E-state index in [9.17, 15) is 13.2 Å². The highest BCUT2D eigenvalue weighted by Crippen LogP contribution is 2.17. The van der Waals surface area contributed by atoms with Crippen LogP contribution in [-0.4, -0.2) is 49.3 Å². The van der Waals surface area contributed by atoms with Crippen molar-refractivity contribution in [3.8, 4) is 0 Å². The fraction of sp³-hybridized carbons (Fsp3) is 0.533. The van der Waals surface area contributed by atoms with Gasteiger partial charge in [-0.1, -0.05) is 18.2 Å². The van der Waals surface area contributed by atoms with Crippen LogP contribution >= 0.6 is 11.6 Å². The Morgan fingerprint density at radius 2 is 1.87 bits per heavy atom. The summed E-state index contributed by atoms with van der Waals surface area (Å²) in [5.74, 6) is -0.147. The number of anilines is 1. The van der Waals surface area contributed by atoms with Gasteiger partial charge in [0.2, 0.25) is 10.0 Å². The van der Waals surface area contributed by atoms with E-state index in [4.69, 9.17) is 11.6 Å². The number of hydrazine groups is 1. The molecule has 1 saturated heterocycles. The van der Waals surface area contributed by atoms with Crippen molar-refractivity contribution in [3.05, 3.63) is 30.3 Å². The predicted octanol–water partition coefficient (Wildman–Crippen LogP) is 1.59. The van der Waals surface area contributed by atoms with Gasteiger partial charge in [-0.15, -0.1) is 11.6 Å². The number of halogens is 1. The van der Waals surface area contributed by atoms with Crippen molar-refractivity contribution in [2.24, 2.45) is 0 Å². The molecule has 6 nitrogen and oxygen atoms in total. The molecule has 0 aliphatic carbocycles. The monoisotopic (exact) mass is 359 g/mol. The molecule has 0 spiro atoms. The van der Waals surface area contributed by atoms with Crippen LogP contribution < -0.4 is 10.9 Å². The second-order valence-corrected chi connectivity index (χ2v) is 8.23. The van der Waals surface area contributed by atoms with Crippen molar-refractivity contribution in [2.75, 3.05) is 24.3 Å². The van der Waals surface area contributed by atoms with Crippen LogP contribution in [0.1, 0.15) is 19.3 Å². The molecule has 1 aliphatic rings. The molecule has 128 valence electrons. The number of sulfonamides is 1. The molecule has 1 aliphatic heterocycles. The van der Waals surface area contributed by atoms with E-state index in [0.29, 0.717) is 13.1 Å². The Morgan fingerprint density at radius 1 is 1.22 bits per heavy atom. The van der Waals surface area contributed by atoms with Crippen molar-refractivity contribution >= 4 is 33.6 Å². The van der Waals surface area contributed by atoms with Gasteiger partial charge in [-0.2, -0.15) is 0 Å². The van der Waals surface area contributed by atoms with E-state index in [2.05, 4.69) is 10.9 Å². The molecule has 0 bridgehead atoms. The summed E-state index contributed by atoms with van der Waals surface area (Å²) in [5, 5.41) is -0.624. The van der Waals surface area contributed by atoms with E-state index in [1.54, 1.807) is 0 Å². The van der Waals surface area contributed by atoms with Crippen LogP contribution in [0.4, 0.5) is 5.69 Å². The van der Waals surface area contributed by atoms with Crippen LogP contribution in [0.25, 0.3) is 0 Å². The molecular weight excluding hydrogens is 338 g/mol. The lowest BCUT2D eigenvalue weighted by atomic mass is 10.2. The highest BCUT2D eigenvalue weighted by atomic mass is 35.5. The van der Waals surface area contributed by atoms with E-state index in [0.717, 1.165) is 24.8 Å². The number of nitrogens with one attached hydrogen (secondary N) is 2. The molecule has 1 aromatic rings. The smallest absolute Gasteiger partial charge is 0.215 e. The zero-order valence-corrected chi connectivity index (χ0v) is 14.4. The summed E-state index contributed by atoms with van der Waals surface area (Å²) in [6.07, 6.45) is 2.75. The van der Waals surface area contributed by atoms with E-state index >= 15 is 0 Å². The second kappa shape index (κ2) is 8.63. The summed E-state index contributed by atoms with van der Waals surface area (Å²) < 4.78 is 25.9. The standard InChI is InChI=1S/C15H22ClN3O3S/c16-13(12-23(21,22)19-8-4-5-9-19)10-15(11-20)18-17-14-6-2-1-3-7-14/h1-3,6-7,11,13,15,17-18H,4-5,8-10,12H2. The van der Waals surface area contributed by atoms with Crippen molar-refractivity contribution in [3.63, 3.8) is 0 Å². The lowest BCUT2D eigenvalue weighted by Gasteiger charge is -2.20. The zero-order valence-electron chi connectivity index (χ0n) is 12.8. The van der Waals surface area contributed by atoms with Crippen LogP contribution in [0.2, 0.25) is 0 Å². The van der Waals surface area contributed by atoms with Crippen molar-refractivity contribution in [2.45, 2.75) is 30.7 Å². The summed E-state index contributed by atoms with van der Waals surface area (Å²) in [6, 6.07) is 8.77.